The van der Waals surface area contributed by atoms with Gasteiger partial charge in [0, 0.05) is 25.4 Å². The quantitative estimate of drug-likeness (QED) is 0.814. The second-order valence-corrected chi connectivity index (χ2v) is 4.60. The van der Waals surface area contributed by atoms with Gasteiger partial charge in [-0.05, 0) is 18.2 Å². The fourth-order valence-electron chi connectivity index (χ4n) is 2.06. The molecule has 7 heteroatoms. The van der Waals surface area contributed by atoms with E-state index in [1.807, 2.05) is 10.6 Å². The number of amides is 2. The first kappa shape index (κ1) is 14.2. The number of urea groups is 1. The molecule has 0 fully saturated rings. The predicted molar refractivity (Wildman–Crippen MR) is 76.5 cm³/mol. The first-order valence-corrected chi connectivity index (χ1v) is 6.67. The highest BCUT2D eigenvalue weighted by Gasteiger charge is 2.11. The third-order valence-corrected chi connectivity index (χ3v) is 3.10. The van der Waals surface area contributed by atoms with E-state index in [4.69, 9.17) is 22.6 Å². The fourth-order valence-corrected chi connectivity index (χ4v) is 2.23. The van der Waals surface area contributed by atoms with E-state index in [2.05, 4.69) is 16.4 Å². The Morgan fingerprint density at radius 2 is 2.35 bits per heavy atom. The molecule has 0 spiro atoms. The topological polar surface area (TPSA) is 96.7 Å². The number of aryl methyl sites for hydroxylation is 1. The van der Waals surface area contributed by atoms with Crippen LogP contribution in [0, 0.1) is 11.3 Å². The maximum Gasteiger partial charge on any atom is 0.312 e. The van der Waals surface area contributed by atoms with Gasteiger partial charge in [0.25, 0.3) is 0 Å². The van der Waals surface area contributed by atoms with Crippen LogP contribution in [0.5, 0.6) is 0 Å². The Bertz CT molecular complexity index is 673. The highest BCUT2D eigenvalue weighted by atomic mass is 35.5. The lowest BCUT2D eigenvalue weighted by molar-refractivity contribution is 0.248. The average molecular weight is 292 g/mol. The van der Waals surface area contributed by atoms with Crippen molar-refractivity contribution in [1.29, 1.82) is 5.26 Å². The molecule has 2 rings (SSSR count). The van der Waals surface area contributed by atoms with Crippen LogP contribution in [-0.4, -0.2) is 28.0 Å². The Balaban J connectivity index is 2.38. The van der Waals surface area contributed by atoms with Gasteiger partial charge in [-0.1, -0.05) is 0 Å². The second-order valence-electron chi connectivity index (χ2n) is 4.22. The number of nitrogens with two attached hydrogens (primary N) is 1. The highest BCUT2D eigenvalue weighted by molar-refractivity contribution is 6.17. The van der Waals surface area contributed by atoms with Crippen LogP contribution in [0.25, 0.3) is 11.0 Å². The fraction of sp³-hybridized carbons (Fsp3) is 0.308. The number of fused-ring (bicyclic) bond motifs is 1. The van der Waals surface area contributed by atoms with Gasteiger partial charge in [-0.25, -0.2) is 9.78 Å². The molecular weight excluding hydrogens is 278 g/mol. The zero-order valence-corrected chi connectivity index (χ0v) is 11.5. The van der Waals surface area contributed by atoms with E-state index >= 15 is 0 Å². The van der Waals surface area contributed by atoms with Crippen LogP contribution in [0.1, 0.15) is 11.4 Å². The summed E-state index contributed by atoms with van der Waals surface area (Å²) >= 11 is 5.78. The van der Waals surface area contributed by atoms with Crippen LogP contribution in [0.15, 0.2) is 18.2 Å². The molecule has 0 aliphatic rings. The molecule has 1 aromatic carbocycles. The van der Waals surface area contributed by atoms with Crippen LogP contribution in [-0.2, 0) is 13.0 Å². The lowest BCUT2D eigenvalue weighted by Crippen LogP contribution is -2.32. The van der Waals surface area contributed by atoms with Gasteiger partial charge in [0.1, 0.15) is 5.82 Å². The SMILES string of the molecule is N#Cc1ccc2nc(CCCl)n(CCNC(N)=O)c2c1. The summed E-state index contributed by atoms with van der Waals surface area (Å²) in [5.41, 5.74) is 7.28. The van der Waals surface area contributed by atoms with Crippen LogP contribution < -0.4 is 11.1 Å². The van der Waals surface area contributed by atoms with Crippen molar-refractivity contribution in [2.75, 3.05) is 12.4 Å². The molecule has 3 N–H and O–H groups in total. The van der Waals surface area contributed by atoms with Crippen molar-refractivity contribution in [2.24, 2.45) is 5.73 Å². The summed E-state index contributed by atoms with van der Waals surface area (Å²) in [6.07, 6.45) is 0.620. The van der Waals surface area contributed by atoms with Gasteiger partial charge in [0.15, 0.2) is 0 Å². The molecule has 0 saturated heterocycles. The van der Waals surface area contributed by atoms with Crippen molar-refractivity contribution < 1.29 is 4.79 Å². The third-order valence-electron chi connectivity index (χ3n) is 2.91. The van der Waals surface area contributed by atoms with Crippen molar-refractivity contribution in [3.63, 3.8) is 0 Å². The molecular formula is C13H14ClN5O. The van der Waals surface area contributed by atoms with E-state index in [1.165, 1.54) is 0 Å². The van der Waals surface area contributed by atoms with E-state index in [1.54, 1.807) is 12.1 Å². The molecule has 104 valence electrons. The number of nitrogens with zero attached hydrogens (tertiary/aromatic N) is 3. The molecule has 1 heterocycles. The van der Waals surface area contributed by atoms with Gasteiger partial charge in [0.2, 0.25) is 0 Å². The summed E-state index contributed by atoms with van der Waals surface area (Å²) in [7, 11) is 0. The average Bonchev–Trinajstić information content (AvgIpc) is 2.76. The molecule has 0 bridgehead atoms. The van der Waals surface area contributed by atoms with E-state index in [0.29, 0.717) is 31.0 Å². The number of carbonyl (C=O) groups is 1. The number of alkyl halides is 1. The number of aromatic nitrogens is 2. The van der Waals surface area contributed by atoms with Gasteiger partial charge in [-0.3, -0.25) is 0 Å². The van der Waals surface area contributed by atoms with Crippen LogP contribution in [0.4, 0.5) is 4.79 Å². The summed E-state index contributed by atoms with van der Waals surface area (Å²) < 4.78 is 1.95. The van der Waals surface area contributed by atoms with E-state index in [9.17, 15) is 4.79 Å². The standard InChI is InChI=1S/C13H14ClN5O/c14-4-3-12-18-10-2-1-9(8-15)7-11(10)19(12)6-5-17-13(16)20/h1-2,7H,3-6H2,(H3,16,17,20). The molecule has 0 aliphatic heterocycles. The van der Waals surface area contributed by atoms with Gasteiger partial charge >= 0.3 is 6.03 Å². The van der Waals surface area contributed by atoms with E-state index in [0.717, 1.165) is 16.9 Å². The minimum atomic E-state index is -0.564. The highest BCUT2D eigenvalue weighted by Crippen LogP contribution is 2.18. The molecule has 2 amide bonds. The number of benzene rings is 1. The number of nitrogens with one attached hydrogen (secondary N) is 1. The number of primary amides is 1. The van der Waals surface area contributed by atoms with Crippen molar-refractivity contribution >= 4 is 28.7 Å². The van der Waals surface area contributed by atoms with Crippen molar-refractivity contribution in [2.45, 2.75) is 13.0 Å². The molecule has 2 aromatic rings. The minimum absolute atomic E-state index is 0.396. The number of rotatable bonds is 5. The smallest absolute Gasteiger partial charge is 0.312 e. The number of hydrogen-bond donors (Lipinski definition) is 2. The normalized spacial score (nSPS) is 10.4. The summed E-state index contributed by atoms with van der Waals surface area (Å²) in [6.45, 7) is 0.924. The van der Waals surface area contributed by atoms with Gasteiger partial charge < -0.3 is 15.6 Å². The van der Waals surface area contributed by atoms with Crippen LogP contribution in [0.3, 0.4) is 0 Å². The lowest BCUT2D eigenvalue weighted by atomic mass is 10.2. The first-order chi connectivity index (χ1) is 9.65. The molecule has 0 aliphatic carbocycles. The Hall–Kier alpha value is -2.26. The minimum Gasteiger partial charge on any atom is -0.352 e. The number of hydrogen-bond acceptors (Lipinski definition) is 3. The summed E-state index contributed by atoms with van der Waals surface area (Å²) in [5, 5.41) is 11.5. The van der Waals surface area contributed by atoms with Crippen molar-refractivity contribution in [3.05, 3.63) is 29.6 Å². The number of imidazole rings is 1. The Labute approximate surface area is 121 Å². The summed E-state index contributed by atoms with van der Waals surface area (Å²) in [5.74, 6) is 1.29. The number of halogens is 1. The second kappa shape index (κ2) is 6.26. The maximum atomic E-state index is 10.7. The molecule has 0 unspecified atom stereocenters. The van der Waals surface area contributed by atoms with Gasteiger partial charge in [-0.2, -0.15) is 5.26 Å². The summed E-state index contributed by atoms with van der Waals surface area (Å²) in [6, 6.07) is 6.86. The largest absolute Gasteiger partial charge is 0.352 e. The third kappa shape index (κ3) is 3.00. The van der Waals surface area contributed by atoms with Gasteiger partial charge in [-0.15, -0.1) is 11.6 Å². The molecule has 0 radical (unpaired) electrons. The molecule has 0 atom stereocenters. The van der Waals surface area contributed by atoms with Crippen LogP contribution in [0.2, 0.25) is 0 Å². The zero-order chi connectivity index (χ0) is 14.5. The molecule has 1 aromatic heterocycles. The predicted octanol–water partition coefficient (Wildman–Crippen LogP) is 1.36. The monoisotopic (exact) mass is 291 g/mol. The Morgan fingerprint density at radius 3 is 3.00 bits per heavy atom. The van der Waals surface area contributed by atoms with Crippen LogP contribution >= 0.6 is 11.6 Å². The maximum absolute atomic E-state index is 10.7. The molecule has 0 saturated carbocycles. The number of carbonyl (C=O) groups excluding carboxylic acids is 1. The first-order valence-electron chi connectivity index (χ1n) is 6.14. The summed E-state index contributed by atoms with van der Waals surface area (Å²) in [4.78, 5) is 15.2. The van der Waals surface area contributed by atoms with Gasteiger partial charge in [0.05, 0.1) is 22.7 Å². The van der Waals surface area contributed by atoms with Crippen molar-refractivity contribution in [3.8, 4) is 6.07 Å². The zero-order valence-electron chi connectivity index (χ0n) is 10.8. The van der Waals surface area contributed by atoms with E-state index in [-0.39, 0.29) is 0 Å². The van der Waals surface area contributed by atoms with E-state index < -0.39 is 6.03 Å². The lowest BCUT2D eigenvalue weighted by Gasteiger charge is -2.08. The Morgan fingerprint density at radius 1 is 1.55 bits per heavy atom. The molecule has 6 nitrogen and oxygen atoms in total. The van der Waals surface area contributed by atoms with Crippen molar-refractivity contribution in [1.82, 2.24) is 14.9 Å². The Kier molecular flexibility index (Phi) is 4.43. The number of nitriles is 1. The molecule has 20 heavy (non-hydrogen) atoms.